The number of piperazine rings is 1. The highest BCUT2D eigenvalue weighted by Crippen LogP contribution is 2.45. The summed E-state index contributed by atoms with van der Waals surface area (Å²) in [6.07, 6.45) is 0. The van der Waals surface area contributed by atoms with Crippen LogP contribution in [0.15, 0.2) is 12.1 Å². The van der Waals surface area contributed by atoms with E-state index in [0.29, 0.717) is 5.75 Å². The lowest BCUT2D eigenvalue weighted by Crippen LogP contribution is -2.48. The summed E-state index contributed by atoms with van der Waals surface area (Å²) in [5.74, 6) is 2.29. The van der Waals surface area contributed by atoms with Gasteiger partial charge in [-0.05, 0) is 11.5 Å². The van der Waals surface area contributed by atoms with E-state index >= 15 is 0 Å². The van der Waals surface area contributed by atoms with E-state index in [1.807, 2.05) is 6.07 Å². The first-order chi connectivity index (χ1) is 10.9. The van der Waals surface area contributed by atoms with Crippen molar-refractivity contribution in [3.05, 3.63) is 17.7 Å². The summed E-state index contributed by atoms with van der Waals surface area (Å²) in [5, 5.41) is 3.42. The molecule has 0 spiro atoms. The van der Waals surface area contributed by atoms with Crippen LogP contribution < -0.4 is 19.5 Å². The molecule has 0 unspecified atom stereocenters. The van der Waals surface area contributed by atoms with Crippen LogP contribution in [-0.2, 0) is 0 Å². The standard InChI is InChI=1S/C18H30N2O3.2ClH/c1-18(2,3)17(20-9-7-19-8-10-20)13-11-15(22-5)16(23-6)12-14(13)21-4;;/h11-12,17,19H,7-10H2,1-6H3;2*1H/t17-;;/m0../s1. The highest BCUT2D eigenvalue weighted by molar-refractivity contribution is 5.85. The van der Waals surface area contributed by atoms with Crippen LogP contribution in [0.25, 0.3) is 0 Å². The van der Waals surface area contributed by atoms with Gasteiger partial charge in [0.1, 0.15) is 5.75 Å². The summed E-state index contributed by atoms with van der Waals surface area (Å²) in [5.41, 5.74) is 1.23. The fraction of sp³-hybridized carbons (Fsp3) is 0.667. The second kappa shape index (κ2) is 10.3. The maximum atomic E-state index is 5.68. The molecule has 1 saturated heterocycles. The molecule has 1 aliphatic rings. The SMILES string of the molecule is COc1cc(OC)c([C@H](N2CCNCC2)C(C)(C)C)cc1OC.Cl.Cl. The minimum atomic E-state index is 0. The molecule has 1 aromatic rings. The van der Waals surface area contributed by atoms with Gasteiger partial charge < -0.3 is 19.5 Å². The average molecular weight is 395 g/mol. The van der Waals surface area contributed by atoms with Gasteiger partial charge in [0.25, 0.3) is 0 Å². The lowest BCUT2D eigenvalue weighted by molar-refractivity contribution is 0.0839. The summed E-state index contributed by atoms with van der Waals surface area (Å²) < 4.78 is 16.6. The normalized spacial score (nSPS) is 16.2. The van der Waals surface area contributed by atoms with Gasteiger partial charge in [-0.2, -0.15) is 0 Å². The van der Waals surface area contributed by atoms with E-state index in [0.717, 1.165) is 43.2 Å². The Morgan fingerprint density at radius 1 is 0.880 bits per heavy atom. The molecule has 7 heteroatoms. The molecule has 0 amide bonds. The molecule has 2 rings (SSSR count). The number of nitrogens with zero attached hydrogens (tertiary/aromatic N) is 1. The van der Waals surface area contributed by atoms with Crippen LogP contribution in [0.3, 0.4) is 0 Å². The van der Waals surface area contributed by atoms with Crippen LogP contribution in [0.5, 0.6) is 17.2 Å². The highest BCUT2D eigenvalue weighted by atomic mass is 35.5. The van der Waals surface area contributed by atoms with Crippen LogP contribution >= 0.6 is 24.8 Å². The number of hydrogen-bond donors (Lipinski definition) is 1. The van der Waals surface area contributed by atoms with E-state index in [1.54, 1.807) is 21.3 Å². The molecule has 1 fully saturated rings. The number of halogens is 2. The molecule has 1 N–H and O–H groups in total. The van der Waals surface area contributed by atoms with Gasteiger partial charge in [0.15, 0.2) is 11.5 Å². The molecule has 146 valence electrons. The van der Waals surface area contributed by atoms with E-state index in [4.69, 9.17) is 14.2 Å². The number of ether oxygens (including phenoxy) is 3. The third kappa shape index (κ3) is 5.55. The fourth-order valence-electron chi connectivity index (χ4n) is 3.42. The second-order valence-electron chi connectivity index (χ2n) is 7.00. The van der Waals surface area contributed by atoms with E-state index in [2.05, 4.69) is 37.1 Å². The summed E-state index contributed by atoms with van der Waals surface area (Å²) in [7, 11) is 5.03. The summed E-state index contributed by atoms with van der Waals surface area (Å²) in [4.78, 5) is 2.53. The van der Waals surface area contributed by atoms with E-state index in [-0.39, 0.29) is 36.3 Å². The molecule has 0 radical (unpaired) electrons. The van der Waals surface area contributed by atoms with Gasteiger partial charge in [-0.1, -0.05) is 20.8 Å². The molecule has 0 aliphatic carbocycles. The first-order valence-corrected chi connectivity index (χ1v) is 8.17. The summed E-state index contributed by atoms with van der Waals surface area (Å²) >= 11 is 0. The predicted molar refractivity (Wildman–Crippen MR) is 107 cm³/mol. The molecule has 0 aromatic heterocycles. The van der Waals surface area contributed by atoms with Gasteiger partial charge >= 0.3 is 0 Å². The largest absolute Gasteiger partial charge is 0.496 e. The number of benzene rings is 1. The van der Waals surface area contributed by atoms with Crippen molar-refractivity contribution in [2.75, 3.05) is 47.5 Å². The van der Waals surface area contributed by atoms with Crippen molar-refractivity contribution >= 4 is 24.8 Å². The Morgan fingerprint density at radius 3 is 1.80 bits per heavy atom. The molecule has 0 bridgehead atoms. The van der Waals surface area contributed by atoms with Crippen molar-refractivity contribution in [3.63, 3.8) is 0 Å². The Bertz CT molecular complexity index is 530. The van der Waals surface area contributed by atoms with Crippen molar-refractivity contribution in [3.8, 4) is 17.2 Å². The second-order valence-corrected chi connectivity index (χ2v) is 7.00. The maximum absolute atomic E-state index is 5.68. The molecule has 1 aliphatic heterocycles. The number of hydrogen-bond acceptors (Lipinski definition) is 5. The number of nitrogens with one attached hydrogen (secondary N) is 1. The highest BCUT2D eigenvalue weighted by Gasteiger charge is 2.35. The summed E-state index contributed by atoms with van der Waals surface area (Å²) in [6.45, 7) is 10.9. The zero-order valence-electron chi connectivity index (χ0n) is 16.0. The van der Waals surface area contributed by atoms with Crippen molar-refractivity contribution in [2.45, 2.75) is 26.8 Å². The molecule has 1 heterocycles. The quantitative estimate of drug-likeness (QED) is 0.826. The van der Waals surface area contributed by atoms with Crippen LogP contribution in [0.2, 0.25) is 0 Å². The van der Waals surface area contributed by atoms with Crippen LogP contribution in [0.1, 0.15) is 32.4 Å². The van der Waals surface area contributed by atoms with Gasteiger partial charge in [0.2, 0.25) is 0 Å². The summed E-state index contributed by atoms with van der Waals surface area (Å²) in [6, 6.07) is 4.24. The first-order valence-electron chi connectivity index (χ1n) is 8.17. The van der Waals surface area contributed by atoms with E-state index < -0.39 is 0 Å². The average Bonchev–Trinajstić information content (AvgIpc) is 2.54. The van der Waals surface area contributed by atoms with Crippen LogP contribution in [0.4, 0.5) is 0 Å². The Labute approximate surface area is 164 Å². The third-order valence-electron chi connectivity index (χ3n) is 4.37. The van der Waals surface area contributed by atoms with Gasteiger partial charge in [0.05, 0.1) is 21.3 Å². The molecule has 5 nitrogen and oxygen atoms in total. The predicted octanol–water partition coefficient (Wildman–Crippen LogP) is 3.55. The van der Waals surface area contributed by atoms with Crippen LogP contribution in [-0.4, -0.2) is 52.4 Å². The van der Waals surface area contributed by atoms with Crippen molar-refractivity contribution in [2.24, 2.45) is 5.41 Å². The Morgan fingerprint density at radius 2 is 1.36 bits per heavy atom. The van der Waals surface area contributed by atoms with Gasteiger partial charge in [0, 0.05) is 43.9 Å². The molecule has 0 saturated carbocycles. The molecular weight excluding hydrogens is 363 g/mol. The van der Waals surface area contributed by atoms with E-state index in [1.165, 1.54) is 0 Å². The maximum Gasteiger partial charge on any atom is 0.164 e. The zero-order valence-corrected chi connectivity index (χ0v) is 17.7. The monoisotopic (exact) mass is 394 g/mol. The van der Waals surface area contributed by atoms with Crippen LogP contribution in [0, 0.1) is 5.41 Å². The topological polar surface area (TPSA) is 43.0 Å². The van der Waals surface area contributed by atoms with Crippen molar-refractivity contribution < 1.29 is 14.2 Å². The fourth-order valence-corrected chi connectivity index (χ4v) is 3.42. The lowest BCUT2D eigenvalue weighted by Gasteiger charge is -2.43. The Balaban J connectivity index is 0.00000288. The molecular formula is C18H32Cl2N2O3. The van der Waals surface area contributed by atoms with Gasteiger partial charge in [-0.25, -0.2) is 0 Å². The minimum Gasteiger partial charge on any atom is -0.496 e. The third-order valence-corrected chi connectivity index (χ3v) is 4.37. The molecule has 1 atom stereocenters. The Kier molecular flexibility index (Phi) is 9.95. The zero-order chi connectivity index (χ0) is 17.0. The van der Waals surface area contributed by atoms with Gasteiger partial charge in [-0.15, -0.1) is 24.8 Å². The van der Waals surface area contributed by atoms with Crippen molar-refractivity contribution in [1.82, 2.24) is 10.2 Å². The van der Waals surface area contributed by atoms with Crippen molar-refractivity contribution in [1.29, 1.82) is 0 Å². The molecule has 25 heavy (non-hydrogen) atoms. The van der Waals surface area contributed by atoms with E-state index in [9.17, 15) is 0 Å². The minimum absolute atomic E-state index is 0. The number of rotatable bonds is 5. The smallest absolute Gasteiger partial charge is 0.164 e. The number of methoxy groups -OCH3 is 3. The lowest BCUT2D eigenvalue weighted by atomic mass is 9.80. The Hall–Kier alpha value is -0.880. The first kappa shape index (κ1) is 24.1. The molecule has 1 aromatic carbocycles. The van der Waals surface area contributed by atoms with Gasteiger partial charge in [-0.3, -0.25) is 4.90 Å².